The predicted octanol–water partition coefficient (Wildman–Crippen LogP) is 1.88. The maximum Gasteiger partial charge on any atom is 0.271 e. The zero-order valence-electron chi connectivity index (χ0n) is 7.11. The van der Waals surface area contributed by atoms with Crippen molar-refractivity contribution in [3.8, 4) is 0 Å². The molecule has 0 radical (unpaired) electrons. The summed E-state index contributed by atoms with van der Waals surface area (Å²) in [5.74, 6) is -0.521. The van der Waals surface area contributed by atoms with Crippen LogP contribution in [0.25, 0.3) is 0 Å². The standard InChI is InChI=1S/C10H6INO2/c11-8-6-9(13)12(10(8)14)7-4-2-1-3-5-7/h1-6H. The highest BCUT2D eigenvalue weighted by Crippen LogP contribution is 2.24. The van der Waals surface area contributed by atoms with E-state index in [-0.39, 0.29) is 11.8 Å². The SMILES string of the molecule is O=C1C=C(I)C(=O)N1c1ccccc1. The molecule has 1 aromatic carbocycles. The third-order valence-electron chi connectivity index (χ3n) is 1.89. The van der Waals surface area contributed by atoms with Crippen molar-refractivity contribution in [3.63, 3.8) is 0 Å². The second-order valence-electron chi connectivity index (χ2n) is 2.81. The maximum atomic E-state index is 11.5. The van der Waals surface area contributed by atoms with Crippen molar-refractivity contribution in [2.75, 3.05) is 4.90 Å². The van der Waals surface area contributed by atoms with E-state index in [1.54, 1.807) is 24.3 Å². The highest BCUT2D eigenvalue weighted by Gasteiger charge is 2.30. The fraction of sp³-hybridized carbons (Fsp3) is 0. The van der Waals surface area contributed by atoms with E-state index in [2.05, 4.69) is 0 Å². The van der Waals surface area contributed by atoms with Gasteiger partial charge in [0, 0.05) is 6.08 Å². The van der Waals surface area contributed by atoms with Crippen molar-refractivity contribution in [1.82, 2.24) is 0 Å². The third-order valence-corrected chi connectivity index (χ3v) is 2.67. The molecule has 1 aliphatic rings. The molecule has 70 valence electrons. The van der Waals surface area contributed by atoms with Gasteiger partial charge in [0.1, 0.15) is 0 Å². The minimum absolute atomic E-state index is 0.248. The van der Waals surface area contributed by atoms with Crippen LogP contribution in [-0.4, -0.2) is 11.8 Å². The minimum Gasteiger partial charge on any atom is -0.269 e. The molecule has 0 saturated carbocycles. The van der Waals surface area contributed by atoms with Gasteiger partial charge in [0.05, 0.1) is 9.27 Å². The van der Waals surface area contributed by atoms with Crippen LogP contribution >= 0.6 is 22.6 Å². The molecule has 14 heavy (non-hydrogen) atoms. The van der Waals surface area contributed by atoms with E-state index in [0.29, 0.717) is 9.27 Å². The molecule has 0 bridgehead atoms. The first-order valence-corrected chi connectivity index (χ1v) is 5.08. The van der Waals surface area contributed by atoms with Gasteiger partial charge in [0.15, 0.2) is 0 Å². The lowest BCUT2D eigenvalue weighted by atomic mass is 10.3. The molecule has 0 N–H and O–H groups in total. The normalized spacial score (nSPS) is 16.1. The van der Waals surface area contributed by atoms with E-state index in [0.717, 1.165) is 0 Å². The van der Waals surface area contributed by atoms with Crippen molar-refractivity contribution in [3.05, 3.63) is 40.0 Å². The van der Waals surface area contributed by atoms with Crippen molar-refractivity contribution in [2.24, 2.45) is 0 Å². The predicted molar refractivity (Wildman–Crippen MR) is 61.0 cm³/mol. The van der Waals surface area contributed by atoms with E-state index in [9.17, 15) is 9.59 Å². The first-order chi connectivity index (χ1) is 6.70. The molecular formula is C10H6INO2. The highest BCUT2D eigenvalue weighted by atomic mass is 127. The Kier molecular flexibility index (Phi) is 2.37. The molecule has 0 aromatic heterocycles. The van der Waals surface area contributed by atoms with Crippen LogP contribution < -0.4 is 4.90 Å². The van der Waals surface area contributed by atoms with Crippen LogP contribution in [0.1, 0.15) is 0 Å². The lowest BCUT2D eigenvalue weighted by molar-refractivity contribution is -0.120. The number of para-hydroxylation sites is 1. The number of hydrogen-bond acceptors (Lipinski definition) is 2. The van der Waals surface area contributed by atoms with E-state index >= 15 is 0 Å². The zero-order chi connectivity index (χ0) is 10.1. The van der Waals surface area contributed by atoms with E-state index in [1.807, 2.05) is 28.7 Å². The third kappa shape index (κ3) is 1.45. The van der Waals surface area contributed by atoms with Crippen LogP contribution in [0.5, 0.6) is 0 Å². The van der Waals surface area contributed by atoms with E-state index in [1.165, 1.54) is 11.0 Å². The summed E-state index contributed by atoms with van der Waals surface area (Å²) >= 11 is 1.86. The fourth-order valence-corrected chi connectivity index (χ4v) is 1.77. The molecule has 1 aliphatic heterocycles. The smallest absolute Gasteiger partial charge is 0.269 e. The van der Waals surface area contributed by atoms with Gasteiger partial charge in [-0.3, -0.25) is 9.59 Å². The van der Waals surface area contributed by atoms with Crippen LogP contribution in [0.3, 0.4) is 0 Å². The number of rotatable bonds is 1. The van der Waals surface area contributed by atoms with Gasteiger partial charge < -0.3 is 0 Å². The Hall–Kier alpha value is -1.17. The molecule has 0 aliphatic carbocycles. The van der Waals surface area contributed by atoms with Crippen LogP contribution in [0, 0.1) is 0 Å². The summed E-state index contributed by atoms with van der Waals surface area (Å²) in [7, 11) is 0. The summed E-state index contributed by atoms with van der Waals surface area (Å²) in [6.45, 7) is 0. The molecule has 0 spiro atoms. The number of carbonyl (C=O) groups is 2. The Morgan fingerprint density at radius 3 is 2.21 bits per heavy atom. The number of hydrogen-bond donors (Lipinski definition) is 0. The number of benzene rings is 1. The Balaban J connectivity index is 2.39. The van der Waals surface area contributed by atoms with Gasteiger partial charge in [-0.25, -0.2) is 4.90 Å². The van der Waals surface area contributed by atoms with E-state index < -0.39 is 0 Å². The summed E-state index contributed by atoms with van der Waals surface area (Å²) in [6.07, 6.45) is 1.34. The first-order valence-electron chi connectivity index (χ1n) is 4.01. The van der Waals surface area contributed by atoms with Crippen LogP contribution in [0.2, 0.25) is 0 Å². The molecule has 4 heteroatoms. The average Bonchev–Trinajstić information content (AvgIpc) is 2.43. The number of halogens is 1. The van der Waals surface area contributed by atoms with E-state index in [4.69, 9.17) is 0 Å². The number of imide groups is 1. The molecule has 2 rings (SSSR count). The second-order valence-corrected chi connectivity index (χ2v) is 3.97. The number of carbonyl (C=O) groups excluding carboxylic acids is 2. The number of nitrogens with zero attached hydrogens (tertiary/aromatic N) is 1. The molecule has 0 saturated heterocycles. The molecular weight excluding hydrogens is 293 g/mol. The first kappa shape index (κ1) is 9.39. The maximum absolute atomic E-state index is 11.5. The molecule has 0 atom stereocenters. The summed E-state index contributed by atoms with van der Waals surface area (Å²) in [6, 6.07) is 8.90. The number of amides is 2. The van der Waals surface area contributed by atoms with Crippen LogP contribution in [0.15, 0.2) is 40.0 Å². The quantitative estimate of drug-likeness (QED) is 0.586. The molecule has 0 fully saturated rings. The molecule has 1 heterocycles. The lowest BCUT2D eigenvalue weighted by Crippen LogP contribution is -2.30. The Bertz CT molecular complexity index is 425. The van der Waals surface area contributed by atoms with Crippen LogP contribution in [-0.2, 0) is 9.59 Å². The second kappa shape index (κ2) is 3.53. The lowest BCUT2D eigenvalue weighted by Gasteiger charge is -2.13. The number of anilines is 1. The average molecular weight is 299 g/mol. The monoisotopic (exact) mass is 299 g/mol. The molecule has 3 nitrogen and oxygen atoms in total. The van der Waals surface area contributed by atoms with Gasteiger partial charge in [-0.2, -0.15) is 0 Å². The van der Waals surface area contributed by atoms with Crippen LogP contribution in [0.4, 0.5) is 5.69 Å². The summed E-state index contributed by atoms with van der Waals surface area (Å²) in [5, 5.41) is 0. The van der Waals surface area contributed by atoms with Crippen molar-refractivity contribution < 1.29 is 9.59 Å². The van der Waals surface area contributed by atoms with Crippen molar-refractivity contribution in [1.29, 1.82) is 0 Å². The Morgan fingerprint density at radius 1 is 1.07 bits per heavy atom. The topological polar surface area (TPSA) is 37.4 Å². The molecule has 0 unspecified atom stereocenters. The van der Waals surface area contributed by atoms with Gasteiger partial charge in [-0.05, 0) is 34.7 Å². The minimum atomic E-state index is -0.273. The Morgan fingerprint density at radius 2 is 1.71 bits per heavy atom. The Labute approximate surface area is 94.5 Å². The summed E-state index contributed by atoms with van der Waals surface area (Å²) in [5.41, 5.74) is 0.616. The summed E-state index contributed by atoms with van der Waals surface area (Å²) < 4.78 is 0.455. The molecule has 1 aromatic rings. The highest BCUT2D eigenvalue weighted by molar-refractivity contribution is 14.1. The van der Waals surface area contributed by atoms with Crippen molar-refractivity contribution in [2.45, 2.75) is 0 Å². The van der Waals surface area contributed by atoms with Gasteiger partial charge >= 0.3 is 0 Å². The zero-order valence-corrected chi connectivity index (χ0v) is 9.26. The van der Waals surface area contributed by atoms with Gasteiger partial charge in [0.2, 0.25) is 0 Å². The van der Waals surface area contributed by atoms with Gasteiger partial charge in [0.25, 0.3) is 11.8 Å². The molecule has 2 amide bonds. The fourth-order valence-electron chi connectivity index (χ4n) is 1.26. The largest absolute Gasteiger partial charge is 0.271 e. The summed E-state index contributed by atoms with van der Waals surface area (Å²) in [4.78, 5) is 24.1. The van der Waals surface area contributed by atoms with Gasteiger partial charge in [-0.1, -0.05) is 18.2 Å². The van der Waals surface area contributed by atoms with Gasteiger partial charge in [-0.15, -0.1) is 0 Å². The van der Waals surface area contributed by atoms with Crippen molar-refractivity contribution >= 4 is 40.1 Å².